The summed E-state index contributed by atoms with van der Waals surface area (Å²) < 4.78 is 5.10. The van der Waals surface area contributed by atoms with E-state index in [4.69, 9.17) is 4.74 Å². The minimum absolute atomic E-state index is 0.148. The maximum Gasteiger partial charge on any atom is 0.409 e. The van der Waals surface area contributed by atoms with E-state index in [0.717, 1.165) is 51.7 Å². The number of hydrogen-bond donors (Lipinski definition) is 0. The second kappa shape index (κ2) is 5.95. The first kappa shape index (κ1) is 14.8. The molecule has 0 aromatic carbocycles. The van der Waals surface area contributed by atoms with Crippen LogP contribution in [-0.4, -0.2) is 61.0 Å². The smallest absolute Gasteiger partial charge is 0.409 e. The Kier molecular flexibility index (Phi) is 4.20. The molecule has 2 heterocycles. The lowest BCUT2D eigenvalue weighted by Crippen LogP contribution is -2.54. The molecule has 0 bridgehead atoms. The third-order valence-electron chi connectivity index (χ3n) is 5.58. The van der Waals surface area contributed by atoms with Gasteiger partial charge in [-0.15, -0.1) is 0 Å². The zero-order chi connectivity index (χ0) is 14.9. The lowest BCUT2D eigenvalue weighted by atomic mass is 9.64. The van der Waals surface area contributed by atoms with Gasteiger partial charge in [-0.05, 0) is 57.5 Å². The molecule has 5 heteroatoms. The van der Waals surface area contributed by atoms with E-state index in [-0.39, 0.29) is 12.0 Å². The van der Waals surface area contributed by atoms with Crippen LogP contribution in [0.15, 0.2) is 0 Å². The van der Waals surface area contributed by atoms with Gasteiger partial charge in [0.05, 0.1) is 6.61 Å². The van der Waals surface area contributed by atoms with Gasteiger partial charge >= 0.3 is 6.09 Å². The van der Waals surface area contributed by atoms with Crippen LogP contribution in [0.3, 0.4) is 0 Å². The maximum absolute atomic E-state index is 11.8. The van der Waals surface area contributed by atoms with E-state index < -0.39 is 0 Å². The number of hydrogen-bond acceptors (Lipinski definition) is 4. The predicted molar refractivity (Wildman–Crippen MR) is 79.0 cm³/mol. The molecule has 118 valence electrons. The van der Waals surface area contributed by atoms with Gasteiger partial charge in [0.2, 0.25) is 0 Å². The van der Waals surface area contributed by atoms with Gasteiger partial charge in [-0.2, -0.15) is 0 Å². The van der Waals surface area contributed by atoms with Crippen LogP contribution >= 0.6 is 0 Å². The Morgan fingerprint density at radius 2 is 2.00 bits per heavy atom. The maximum atomic E-state index is 11.8. The van der Waals surface area contributed by atoms with Crippen LogP contribution in [0.5, 0.6) is 0 Å². The average Bonchev–Trinajstić information content (AvgIpc) is 2.92. The highest BCUT2D eigenvalue weighted by molar-refractivity contribution is 5.68. The Hall–Kier alpha value is -1.10. The van der Waals surface area contributed by atoms with Crippen LogP contribution < -0.4 is 0 Å². The summed E-state index contributed by atoms with van der Waals surface area (Å²) in [6.07, 6.45) is 6.53. The van der Waals surface area contributed by atoms with Crippen molar-refractivity contribution in [3.8, 4) is 0 Å². The Labute approximate surface area is 126 Å². The molecule has 1 aliphatic carbocycles. The zero-order valence-electron chi connectivity index (χ0n) is 12.9. The van der Waals surface area contributed by atoms with Crippen LogP contribution in [0.1, 0.15) is 39.0 Å². The van der Waals surface area contributed by atoms with Crippen LogP contribution in [0.4, 0.5) is 4.79 Å². The number of amides is 1. The van der Waals surface area contributed by atoms with Crippen molar-refractivity contribution in [2.24, 2.45) is 11.3 Å². The highest BCUT2D eigenvalue weighted by Crippen LogP contribution is 2.50. The summed E-state index contributed by atoms with van der Waals surface area (Å²) in [5.74, 6) is 0.279. The Balaban J connectivity index is 1.45. The minimum atomic E-state index is -0.148. The Morgan fingerprint density at radius 3 is 2.62 bits per heavy atom. The van der Waals surface area contributed by atoms with Crippen molar-refractivity contribution in [2.75, 3.05) is 32.8 Å². The third kappa shape index (κ3) is 2.93. The molecule has 3 fully saturated rings. The van der Waals surface area contributed by atoms with Crippen molar-refractivity contribution in [2.45, 2.75) is 45.1 Å². The topological polar surface area (TPSA) is 49.9 Å². The number of nitrogens with zero attached hydrogens (tertiary/aromatic N) is 2. The van der Waals surface area contributed by atoms with Crippen LogP contribution in [0, 0.1) is 11.3 Å². The van der Waals surface area contributed by atoms with Crippen LogP contribution in [-0.2, 0) is 9.53 Å². The van der Waals surface area contributed by atoms with Crippen molar-refractivity contribution in [1.29, 1.82) is 0 Å². The normalized spacial score (nSPS) is 34.0. The molecule has 2 saturated heterocycles. The summed E-state index contributed by atoms with van der Waals surface area (Å²) in [6.45, 7) is 6.14. The monoisotopic (exact) mass is 294 g/mol. The number of rotatable bonds is 3. The molecule has 2 aliphatic heterocycles. The summed E-state index contributed by atoms with van der Waals surface area (Å²) in [5, 5.41) is 0. The molecular weight excluding hydrogens is 268 g/mol. The van der Waals surface area contributed by atoms with Gasteiger partial charge in [-0.3, -0.25) is 0 Å². The summed E-state index contributed by atoms with van der Waals surface area (Å²) in [4.78, 5) is 27.0. The molecule has 0 atom stereocenters. The highest BCUT2D eigenvalue weighted by Gasteiger charge is 2.51. The summed E-state index contributed by atoms with van der Waals surface area (Å²) in [7, 11) is 0. The first-order valence-electron chi connectivity index (χ1n) is 8.27. The van der Waals surface area contributed by atoms with Gasteiger partial charge in [0, 0.05) is 25.0 Å². The van der Waals surface area contributed by atoms with E-state index >= 15 is 0 Å². The van der Waals surface area contributed by atoms with Crippen molar-refractivity contribution < 1.29 is 14.3 Å². The molecule has 0 unspecified atom stereocenters. The fourth-order valence-electron chi connectivity index (χ4n) is 4.26. The first-order chi connectivity index (χ1) is 10.2. The summed E-state index contributed by atoms with van der Waals surface area (Å²) >= 11 is 0. The van der Waals surface area contributed by atoms with Crippen LogP contribution in [0.2, 0.25) is 0 Å². The lowest BCUT2D eigenvalue weighted by molar-refractivity contribution is -0.113. The number of carbonyl (C=O) groups excluding carboxylic acids is 2. The van der Waals surface area contributed by atoms with Gasteiger partial charge in [-0.25, -0.2) is 4.79 Å². The van der Waals surface area contributed by atoms with Gasteiger partial charge in [-0.1, -0.05) is 0 Å². The quantitative estimate of drug-likeness (QED) is 0.746. The second-order valence-electron chi connectivity index (χ2n) is 6.94. The van der Waals surface area contributed by atoms with E-state index in [1.807, 2.05) is 11.8 Å². The largest absolute Gasteiger partial charge is 0.450 e. The molecule has 5 nitrogen and oxygen atoms in total. The Morgan fingerprint density at radius 1 is 1.29 bits per heavy atom. The lowest BCUT2D eigenvalue weighted by Gasteiger charge is -2.51. The molecule has 0 radical (unpaired) electrons. The summed E-state index contributed by atoms with van der Waals surface area (Å²) in [6, 6.07) is 0.666. The molecule has 1 amide bonds. The van der Waals surface area contributed by atoms with E-state index in [1.165, 1.54) is 12.8 Å². The highest BCUT2D eigenvalue weighted by atomic mass is 16.6. The number of aldehydes is 1. The fourth-order valence-corrected chi connectivity index (χ4v) is 4.26. The second-order valence-corrected chi connectivity index (χ2v) is 6.94. The molecule has 21 heavy (non-hydrogen) atoms. The van der Waals surface area contributed by atoms with Crippen molar-refractivity contribution in [1.82, 2.24) is 9.80 Å². The minimum Gasteiger partial charge on any atom is -0.450 e. The zero-order valence-corrected chi connectivity index (χ0v) is 12.9. The fraction of sp³-hybridized carbons (Fsp3) is 0.875. The molecule has 0 aromatic heterocycles. The van der Waals surface area contributed by atoms with Gasteiger partial charge < -0.3 is 19.3 Å². The van der Waals surface area contributed by atoms with Gasteiger partial charge in [0.25, 0.3) is 0 Å². The predicted octanol–water partition coefficient (Wildman–Crippen LogP) is 1.91. The number of likely N-dealkylation sites (tertiary alicyclic amines) is 2. The average molecular weight is 294 g/mol. The summed E-state index contributed by atoms with van der Waals surface area (Å²) in [5.41, 5.74) is 0.346. The van der Waals surface area contributed by atoms with E-state index in [9.17, 15) is 9.59 Å². The van der Waals surface area contributed by atoms with E-state index in [2.05, 4.69) is 4.90 Å². The van der Waals surface area contributed by atoms with Crippen LogP contribution in [0.25, 0.3) is 0 Å². The standard InChI is InChI=1S/C16H26N2O3/c1-2-21-15(20)18-8-5-16(12-18)9-14(10-16)17-6-3-13(11-19)4-7-17/h11,13-14H,2-10,12H2,1H3. The molecule has 0 aromatic rings. The molecular formula is C16H26N2O3. The van der Waals surface area contributed by atoms with E-state index in [0.29, 0.717) is 18.1 Å². The Bertz CT molecular complexity index is 398. The van der Waals surface area contributed by atoms with Gasteiger partial charge in [0.1, 0.15) is 6.29 Å². The number of ether oxygens (including phenoxy) is 1. The van der Waals surface area contributed by atoms with Crippen molar-refractivity contribution in [3.63, 3.8) is 0 Å². The molecule has 3 rings (SSSR count). The van der Waals surface area contributed by atoms with Crippen molar-refractivity contribution in [3.05, 3.63) is 0 Å². The first-order valence-corrected chi connectivity index (χ1v) is 8.27. The van der Waals surface area contributed by atoms with Gasteiger partial charge in [0.15, 0.2) is 0 Å². The third-order valence-corrected chi connectivity index (χ3v) is 5.58. The number of piperidine rings is 1. The molecule has 1 saturated carbocycles. The SMILES string of the molecule is CCOC(=O)N1CCC2(CC(N3CCC(C=O)CC3)C2)C1. The number of carbonyl (C=O) groups is 2. The molecule has 0 N–H and O–H groups in total. The molecule has 3 aliphatic rings. The van der Waals surface area contributed by atoms with Crippen molar-refractivity contribution >= 4 is 12.4 Å². The van der Waals surface area contributed by atoms with E-state index in [1.54, 1.807) is 0 Å². The molecule has 1 spiro atoms.